The maximum atomic E-state index is 12.4. The number of aryl methyl sites for hydroxylation is 3. The summed E-state index contributed by atoms with van der Waals surface area (Å²) in [5, 5.41) is 3.81. The molecular weight excluding hydrogens is 478 g/mol. The standard InChI is InChI=1S/C23H24BrN3O5/c1-13-5-4-6-16(7-13)22(30)26-27-11-17(10-20(27)29)23(31)32-12-19(28)25-18-8-14(2)21(24)15(3)9-18/h4-9,17H,10-12H2,1-3H3,(H,25,28)(H,26,30)/t17-/m0/s1. The lowest BCUT2D eigenvalue weighted by molar-refractivity contribution is -0.151. The van der Waals surface area contributed by atoms with Gasteiger partial charge in [-0.3, -0.25) is 29.6 Å². The van der Waals surface area contributed by atoms with Crippen molar-refractivity contribution in [2.75, 3.05) is 18.5 Å². The Morgan fingerprint density at radius 3 is 2.47 bits per heavy atom. The lowest BCUT2D eigenvalue weighted by atomic mass is 10.1. The number of nitrogens with one attached hydrogen (secondary N) is 2. The van der Waals surface area contributed by atoms with Gasteiger partial charge >= 0.3 is 5.97 Å². The van der Waals surface area contributed by atoms with E-state index in [-0.39, 0.29) is 13.0 Å². The van der Waals surface area contributed by atoms with Gasteiger partial charge in [-0.2, -0.15) is 0 Å². The van der Waals surface area contributed by atoms with E-state index in [1.807, 2.05) is 26.8 Å². The zero-order valence-corrected chi connectivity index (χ0v) is 19.6. The van der Waals surface area contributed by atoms with Crippen LogP contribution < -0.4 is 10.7 Å². The maximum Gasteiger partial charge on any atom is 0.311 e. The molecule has 168 valence electrons. The highest BCUT2D eigenvalue weighted by atomic mass is 79.9. The second-order valence-electron chi connectivity index (χ2n) is 7.80. The van der Waals surface area contributed by atoms with Crippen molar-refractivity contribution in [1.29, 1.82) is 0 Å². The van der Waals surface area contributed by atoms with Crippen molar-refractivity contribution in [2.45, 2.75) is 27.2 Å². The third-order valence-corrected chi connectivity index (χ3v) is 6.29. The molecule has 0 radical (unpaired) electrons. The number of anilines is 1. The minimum absolute atomic E-state index is 0.0120. The van der Waals surface area contributed by atoms with Crippen LogP contribution in [0, 0.1) is 26.7 Å². The van der Waals surface area contributed by atoms with Crippen LogP contribution in [0.4, 0.5) is 5.69 Å². The Hall–Kier alpha value is -3.20. The third kappa shape index (κ3) is 5.73. The fourth-order valence-electron chi connectivity index (χ4n) is 3.42. The number of ether oxygens (including phenoxy) is 1. The van der Waals surface area contributed by atoms with E-state index in [0.29, 0.717) is 11.3 Å². The molecule has 0 aliphatic carbocycles. The molecule has 1 aliphatic rings. The highest BCUT2D eigenvalue weighted by Gasteiger charge is 2.36. The number of esters is 1. The first-order valence-electron chi connectivity index (χ1n) is 10.1. The van der Waals surface area contributed by atoms with E-state index in [2.05, 4.69) is 26.7 Å². The largest absolute Gasteiger partial charge is 0.455 e. The molecule has 0 spiro atoms. The number of hydrazine groups is 1. The van der Waals surface area contributed by atoms with Crippen molar-refractivity contribution >= 4 is 45.3 Å². The smallest absolute Gasteiger partial charge is 0.311 e. The van der Waals surface area contributed by atoms with Crippen LogP contribution in [0.1, 0.15) is 33.5 Å². The molecule has 1 heterocycles. The Bertz CT molecular complexity index is 1060. The highest BCUT2D eigenvalue weighted by molar-refractivity contribution is 9.10. The zero-order valence-electron chi connectivity index (χ0n) is 18.0. The van der Waals surface area contributed by atoms with Gasteiger partial charge in [-0.1, -0.05) is 33.6 Å². The van der Waals surface area contributed by atoms with Crippen molar-refractivity contribution in [2.24, 2.45) is 5.92 Å². The van der Waals surface area contributed by atoms with Crippen molar-refractivity contribution in [1.82, 2.24) is 10.4 Å². The van der Waals surface area contributed by atoms with Gasteiger partial charge in [0.1, 0.15) is 0 Å². The van der Waals surface area contributed by atoms with E-state index >= 15 is 0 Å². The fourth-order valence-corrected chi connectivity index (χ4v) is 3.65. The Morgan fingerprint density at radius 1 is 1.12 bits per heavy atom. The summed E-state index contributed by atoms with van der Waals surface area (Å²) in [6.45, 7) is 5.20. The first-order valence-corrected chi connectivity index (χ1v) is 10.8. The van der Waals surface area contributed by atoms with Crippen LogP contribution in [-0.4, -0.2) is 41.9 Å². The molecule has 0 unspecified atom stereocenters. The van der Waals surface area contributed by atoms with Crippen molar-refractivity contribution in [3.8, 4) is 0 Å². The molecule has 1 fully saturated rings. The van der Waals surface area contributed by atoms with E-state index in [1.165, 1.54) is 0 Å². The average Bonchev–Trinajstić information content (AvgIpc) is 3.10. The summed E-state index contributed by atoms with van der Waals surface area (Å²) in [6.07, 6.45) is -0.0976. The van der Waals surface area contributed by atoms with Gasteiger partial charge in [0.15, 0.2) is 6.61 Å². The number of rotatable bonds is 6. The number of benzene rings is 2. The predicted molar refractivity (Wildman–Crippen MR) is 122 cm³/mol. The van der Waals surface area contributed by atoms with Gasteiger partial charge in [-0.15, -0.1) is 0 Å². The fraction of sp³-hybridized carbons (Fsp3) is 0.304. The van der Waals surface area contributed by atoms with Crippen LogP contribution in [0.25, 0.3) is 0 Å². The zero-order chi connectivity index (χ0) is 23.4. The first-order chi connectivity index (χ1) is 15.1. The van der Waals surface area contributed by atoms with Crippen molar-refractivity contribution < 1.29 is 23.9 Å². The number of carbonyl (C=O) groups is 4. The summed E-state index contributed by atoms with van der Waals surface area (Å²) >= 11 is 3.47. The van der Waals surface area contributed by atoms with E-state index in [4.69, 9.17) is 4.74 Å². The Labute approximate surface area is 194 Å². The number of nitrogens with zero attached hydrogens (tertiary/aromatic N) is 1. The van der Waals surface area contributed by atoms with Gasteiger partial charge in [0.2, 0.25) is 5.91 Å². The summed E-state index contributed by atoms with van der Waals surface area (Å²) in [4.78, 5) is 49.1. The van der Waals surface area contributed by atoms with Crippen LogP contribution in [0.15, 0.2) is 40.9 Å². The molecule has 2 aromatic rings. The molecule has 2 N–H and O–H groups in total. The molecule has 0 saturated carbocycles. The van der Waals surface area contributed by atoms with Gasteiger partial charge in [-0.05, 0) is 56.2 Å². The minimum atomic E-state index is -0.759. The molecule has 3 amide bonds. The summed E-state index contributed by atoms with van der Waals surface area (Å²) < 4.78 is 6.06. The molecule has 1 saturated heterocycles. The van der Waals surface area contributed by atoms with Gasteiger partial charge in [0.25, 0.3) is 11.8 Å². The van der Waals surface area contributed by atoms with E-state index in [0.717, 1.165) is 26.2 Å². The van der Waals surface area contributed by atoms with E-state index in [9.17, 15) is 19.2 Å². The van der Waals surface area contributed by atoms with Crippen LogP contribution in [-0.2, 0) is 19.1 Å². The second kappa shape index (κ2) is 9.95. The molecule has 32 heavy (non-hydrogen) atoms. The average molecular weight is 502 g/mol. The second-order valence-corrected chi connectivity index (χ2v) is 8.59. The van der Waals surface area contributed by atoms with Crippen molar-refractivity contribution in [3.63, 3.8) is 0 Å². The summed E-state index contributed by atoms with van der Waals surface area (Å²) in [5.41, 5.74) is 6.39. The lowest BCUT2D eigenvalue weighted by Gasteiger charge is -2.17. The topological polar surface area (TPSA) is 105 Å². The summed E-state index contributed by atoms with van der Waals surface area (Å²) in [7, 11) is 0. The van der Waals surface area contributed by atoms with Gasteiger partial charge < -0.3 is 10.1 Å². The Kier molecular flexibility index (Phi) is 7.29. The van der Waals surface area contributed by atoms with Crippen LogP contribution >= 0.6 is 15.9 Å². The number of amides is 3. The number of hydrogen-bond donors (Lipinski definition) is 2. The monoisotopic (exact) mass is 501 g/mol. The minimum Gasteiger partial charge on any atom is -0.455 e. The number of hydrogen-bond acceptors (Lipinski definition) is 5. The van der Waals surface area contributed by atoms with E-state index in [1.54, 1.807) is 30.3 Å². The van der Waals surface area contributed by atoms with Gasteiger partial charge in [0.05, 0.1) is 12.5 Å². The molecule has 2 aromatic carbocycles. The predicted octanol–water partition coefficient (Wildman–Crippen LogP) is 3.05. The van der Waals surface area contributed by atoms with Crippen molar-refractivity contribution in [3.05, 3.63) is 63.1 Å². The van der Waals surface area contributed by atoms with Gasteiger partial charge in [-0.25, -0.2) is 0 Å². The molecule has 0 aromatic heterocycles. The van der Waals surface area contributed by atoms with E-state index < -0.39 is 36.2 Å². The molecular formula is C23H24BrN3O5. The molecule has 3 rings (SSSR count). The quantitative estimate of drug-likeness (QED) is 0.591. The summed E-state index contributed by atoms with van der Waals surface area (Å²) in [5.74, 6) is -2.73. The molecule has 8 nitrogen and oxygen atoms in total. The van der Waals surface area contributed by atoms with Crippen LogP contribution in [0.5, 0.6) is 0 Å². The lowest BCUT2D eigenvalue weighted by Crippen LogP contribution is -2.43. The molecule has 9 heteroatoms. The first kappa shape index (κ1) is 23.5. The maximum absolute atomic E-state index is 12.4. The van der Waals surface area contributed by atoms with Gasteiger partial charge in [0, 0.05) is 22.1 Å². The third-order valence-electron chi connectivity index (χ3n) is 5.04. The Balaban J connectivity index is 1.50. The van der Waals surface area contributed by atoms with Crippen LogP contribution in [0.2, 0.25) is 0 Å². The SMILES string of the molecule is Cc1cccc(C(=O)NN2C[C@@H](C(=O)OCC(=O)Nc3cc(C)c(Br)c(C)c3)CC2=O)c1. The molecule has 0 bridgehead atoms. The number of halogens is 1. The Morgan fingerprint density at radius 2 is 1.81 bits per heavy atom. The summed E-state index contributed by atoms with van der Waals surface area (Å²) in [6, 6.07) is 10.6. The highest BCUT2D eigenvalue weighted by Crippen LogP contribution is 2.25. The van der Waals surface area contributed by atoms with Crippen LogP contribution in [0.3, 0.4) is 0 Å². The number of carbonyl (C=O) groups excluding carboxylic acids is 4. The molecule has 1 aliphatic heterocycles. The molecule has 1 atom stereocenters. The normalized spacial score (nSPS) is 15.4.